The molecule has 7 heteroatoms. The minimum atomic E-state index is -0.550. The molecule has 1 aliphatic rings. The van der Waals surface area contributed by atoms with Crippen molar-refractivity contribution in [1.82, 2.24) is 14.5 Å². The molecule has 1 aromatic carbocycles. The zero-order chi connectivity index (χ0) is 15.1. The first-order valence-corrected chi connectivity index (χ1v) is 6.23. The SMILES string of the molecule is Cn1c(=O)[nH]cc(CN2C(=O)c3ccccc3C2=O)c1=O. The number of fused-ring (bicyclic) bond motifs is 1. The number of carbonyl (C=O) groups excluding carboxylic acids is 2. The minimum absolute atomic E-state index is 0.171. The molecule has 2 heterocycles. The minimum Gasteiger partial charge on any atom is -0.314 e. The maximum absolute atomic E-state index is 12.2. The van der Waals surface area contributed by atoms with Gasteiger partial charge in [0.05, 0.1) is 23.2 Å². The van der Waals surface area contributed by atoms with Crippen molar-refractivity contribution < 1.29 is 9.59 Å². The zero-order valence-electron chi connectivity index (χ0n) is 11.1. The van der Waals surface area contributed by atoms with E-state index >= 15 is 0 Å². The van der Waals surface area contributed by atoms with Gasteiger partial charge in [-0.15, -0.1) is 0 Å². The average Bonchev–Trinajstić information content (AvgIpc) is 2.73. The lowest BCUT2D eigenvalue weighted by atomic mass is 10.1. The molecule has 106 valence electrons. The van der Waals surface area contributed by atoms with Gasteiger partial charge in [0.15, 0.2) is 0 Å². The molecule has 2 aromatic rings. The highest BCUT2D eigenvalue weighted by Gasteiger charge is 2.35. The van der Waals surface area contributed by atoms with Crippen LogP contribution in [0.4, 0.5) is 0 Å². The molecule has 0 saturated carbocycles. The maximum atomic E-state index is 12.2. The van der Waals surface area contributed by atoms with Crippen molar-refractivity contribution in [2.45, 2.75) is 6.54 Å². The molecular weight excluding hydrogens is 274 g/mol. The predicted octanol–water partition coefficient (Wildman–Crippen LogP) is -0.130. The van der Waals surface area contributed by atoms with Gasteiger partial charge >= 0.3 is 5.69 Å². The Morgan fingerprint density at radius 2 is 1.57 bits per heavy atom. The number of aromatic amines is 1. The Kier molecular flexibility index (Phi) is 2.83. The number of H-pyrrole nitrogens is 1. The molecule has 1 aromatic heterocycles. The van der Waals surface area contributed by atoms with E-state index in [4.69, 9.17) is 0 Å². The van der Waals surface area contributed by atoms with Crippen LogP contribution in [-0.2, 0) is 13.6 Å². The van der Waals surface area contributed by atoms with Crippen LogP contribution in [0.2, 0.25) is 0 Å². The van der Waals surface area contributed by atoms with Gasteiger partial charge in [0.1, 0.15) is 0 Å². The fraction of sp³-hybridized carbons (Fsp3) is 0.143. The largest absolute Gasteiger partial charge is 0.328 e. The van der Waals surface area contributed by atoms with E-state index < -0.39 is 23.1 Å². The lowest BCUT2D eigenvalue weighted by molar-refractivity contribution is 0.0641. The van der Waals surface area contributed by atoms with Crippen molar-refractivity contribution in [3.63, 3.8) is 0 Å². The summed E-state index contributed by atoms with van der Waals surface area (Å²) in [5, 5.41) is 0. The second-order valence-corrected chi connectivity index (χ2v) is 4.73. The molecule has 0 unspecified atom stereocenters. The van der Waals surface area contributed by atoms with E-state index in [-0.39, 0.29) is 12.1 Å². The second kappa shape index (κ2) is 4.55. The number of hydrogen-bond acceptors (Lipinski definition) is 4. The van der Waals surface area contributed by atoms with Crippen LogP contribution in [0.3, 0.4) is 0 Å². The maximum Gasteiger partial charge on any atom is 0.328 e. The van der Waals surface area contributed by atoms with Crippen LogP contribution in [0.15, 0.2) is 40.1 Å². The number of hydrogen-bond donors (Lipinski definition) is 1. The number of amides is 2. The van der Waals surface area contributed by atoms with E-state index in [2.05, 4.69) is 4.98 Å². The summed E-state index contributed by atoms with van der Waals surface area (Å²) in [7, 11) is 1.33. The first-order chi connectivity index (χ1) is 10.0. The summed E-state index contributed by atoms with van der Waals surface area (Å²) in [4.78, 5) is 51.0. The third-order valence-corrected chi connectivity index (χ3v) is 3.46. The summed E-state index contributed by atoms with van der Waals surface area (Å²) in [6.07, 6.45) is 1.23. The zero-order valence-corrected chi connectivity index (χ0v) is 11.1. The molecule has 0 atom stereocenters. The molecule has 0 spiro atoms. The summed E-state index contributed by atoms with van der Waals surface area (Å²) in [6, 6.07) is 6.49. The summed E-state index contributed by atoms with van der Waals surface area (Å²) < 4.78 is 0.896. The molecular formula is C14H11N3O4. The van der Waals surface area contributed by atoms with E-state index in [1.54, 1.807) is 24.3 Å². The number of nitrogens with zero attached hydrogens (tertiary/aromatic N) is 2. The summed E-state index contributed by atoms with van der Waals surface area (Å²) >= 11 is 0. The van der Waals surface area contributed by atoms with Gasteiger partial charge in [0.2, 0.25) is 0 Å². The summed E-state index contributed by atoms with van der Waals surface area (Å²) in [5.41, 5.74) is -0.263. The Labute approximate surface area is 118 Å². The van der Waals surface area contributed by atoms with Crippen molar-refractivity contribution in [2.75, 3.05) is 0 Å². The van der Waals surface area contributed by atoms with Gasteiger partial charge in [-0.1, -0.05) is 12.1 Å². The first-order valence-electron chi connectivity index (χ1n) is 6.23. The van der Waals surface area contributed by atoms with Crippen LogP contribution >= 0.6 is 0 Å². The first kappa shape index (κ1) is 13.0. The number of imide groups is 1. The molecule has 7 nitrogen and oxygen atoms in total. The number of benzene rings is 1. The Bertz CT molecular complexity index is 843. The van der Waals surface area contributed by atoms with E-state index in [0.717, 1.165) is 9.47 Å². The van der Waals surface area contributed by atoms with Crippen LogP contribution in [0.5, 0.6) is 0 Å². The molecule has 0 bridgehead atoms. The van der Waals surface area contributed by atoms with Crippen molar-refractivity contribution in [2.24, 2.45) is 7.05 Å². The molecule has 1 aliphatic heterocycles. The third-order valence-electron chi connectivity index (χ3n) is 3.46. The van der Waals surface area contributed by atoms with E-state index in [0.29, 0.717) is 11.1 Å². The lowest BCUT2D eigenvalue weighted by Gasteiger charge is -2.13. The van der Waals surface area contributed by atoms with Crippen molar-refractivity contribution in [3.05, 3.63) is 68.0 Å². The predicted molar refractivity (Wildman–Crippen MR) is 72.9 cm³/mol. The quantitative estimate of drug-likeness (QED) is 0.778. The van der Waals surface area contributed by atoms with E-state index in [9.17, 15) is 19.2 Å². The van der Waals surface area contributed by atoms with Gasteiger partial charge in [-0.2, -0.15) is 0 Å². The van der Waals surface area contributed by atoms with Crippen molar-refractivity contribution in [1.29, 1.82) is 0 Å². The normalized spacial score (nSPS) is 13.7. The van der Waals surface area contributed by atoms with E-state index in [1.165, 1.54) is 13.2 Å². The van der Waals surface area contributed by atoms with Crippen molar-refractivity contribution >= 4 is 11.8 Å². The fourth-order valence-corrected chi connectivity index (χ4v) is 2.28. The van der Waals surface area contributed by atoms with Gasteiger partial charge in [-0.25, -0.2) is 4.79 Å². The average molecular weight is 285 g/mol. The van der Waals surface area contributed by atoms with Gasteiger partial charge < -0.3 is 4.98 Å². The van der Waals surface area contributed by atoms with Gasteiger partial charge in [-0.3, -0.25) is 23.9 Å². The fourth-order valence-electron chi connectivity index (χ4n) is 2.28. The smallest absolute Gasteiger partial charge is 0.314 e. The third kappa shape index (κ3) is 1.90. The van der Waals surface area contributed by atoms with Gasteiger partial charge in [-0.05, 0) is 12.1 Å². The topological polar surface area (TPSA) is 92.2 Å². The van der Waals surface area contributed by atoms with Gasteiger partial charge in [0.25, 0.3) is 17.4 Å². The number of rotatable bonds is 2. The second-order valence-electron chi connectivity index (χ2n) is 4.73. The Hall–Kier alpha value is -2.96. The number of nitrogens with one attached hydrogen (secondary N) is 1. The number of carbonyl (C=O) groups is 2. The van der Waals surface area contributed by atoms with Crippen LogP contribution in [0.1, 0.15) is 26.3 Å². The lowest BCUT2D eigenvalue weighted by Crippen LogP contribution is -2.38. The summed E-state index contributed by atoms with van der Waals surface area (Å²) in [5.74, 6) is -0.882. The number of aromatic nitrogens is 2. The highest BCUT2D eigenvalue weighted by Crippen LogP contribution is 2.23. The van der Waals surface area contributed by atoms with Crippen LogP contribution < -0.4 is 11.2 Å². The molecule has 21 heavy (non-hydrogen) atoms. The van der Waals surface area contributed by atoms with Gasteiger partial charge in [0, 0.05) is 13.2 Å². The van der Waals surface area contributed by atoms with Crippen LogP contribution in [0, 0.1) is 0 Å². The highest BCUT2D eigenvalue weighted by molar-refractivity contribution is 6.21. The molecule has 0 aliphatic carbocycles. The Morgan fingerprint density at radius 3 is 2.14 bits per heavy atom. The molecule has 0 fully saturated rings. The summed E-state index contributed by atoms with van der Waals surface area (Å²) in [6.45, 7) is -0.171. The monoisotopic (exact) mass is 285 g/mol. The van der Waals surface area contributed by atoms with Crippen LogP contribution in [-0.4, -0.2) is 26.3 Å². The molecule has 2 amide bonds. The Morgan fingerprint density at radius 1 is 1.00 bits per heavy atom. The standard InChI is InChI=1S/C14H11N3O4/c1-16-11(18)8(6-15-14(16)21)7-17-12(19)9-4-2-3-5-10(9)13(17)20/h2-6H,7H2,1H3,(H,15,21). The Balaban J connectivity index is 2.00. The van der Waals surface area contributed by atoms with Crippen LogP contribution in [0.25, 0.3) is 0 Å². The molecule has 0 radical (unpaired) electrons. The molecule has 0 saturated heterocycles. The molecule has 1 N–H and O–H groups in total. The van der Waals surface area contributed by atoms with Crippen molar-refractivity contribution in [3.8, 4) is 0 Å². The molecule has 3 rings (SSSR count). The highest BCUT2D eigenvalue weighted by atomic mass is 16.2. The van der Waals surface area contributed by atoms with E-state index in [1.807, 2.05) is 0 Å².